The number of aromatic hydroxyl groups is 1. The highest BCUT2D eigenvalue weighted by molar-refractivity contribution is 5.81. The van der Waals surface area contributed by atoms with Crippen molar-refractivity contribution >= 4 is 10.9 Å². The maximum Gasteiger partial charge on any atom is 0.117 e. The molecule has 0 fully saturated rings. The lowest BCUT2D eigenvalue weighted by Gasteiger charge is -2.07. The molecule has 0 saturated carbocycles. The Morgan fingerprint density at radius 3 is 2.94 bits per heavy atom. The number of aromatic amines is 1. The molecular weight excluding hydrogens is 228 g/mol. The molecule has 92 valence electrons. The second-order valence-corrected chi connectivity index (χ2v) is 4.39. The van der Waals surface area contributed by atoms with E-state index in [0.717, 1.165) is 22.4 Å². The second kappa shape index (κ2) is 4.23. The van der Waals surface area contributed by atoms with Crippen molar-refractivity contribution in [3.8, 4) is 5.75 Å². The first-order valence-electron chi connectivity index (χ1n) is 5.82. The van der Waals surface area contributed by atoms with Crippen LogP contribution < -0.4 is 5.73 Å². The number of phenolic OH excluding ortho intramolecular Hbond substituents is 1. The molecule has 0 aliphatic carbocycles. The minimum absolute atomic E-state index is 0.148. The summed E-state index contributed by atoms with van der Waals surface area (Å²) in [5, 5.41) is 10.5. The van der Waals surface area contributed by atoms with Crippen LogP contribution in [0.4, 0.5) is 0 Å². The van der Waals surface area contributed by atoms with Crippen LogP contribution in [0.2, 0.25) is 0 Å². The van der Waals surface area contributed by atoms with Crippen LogP contribution in [0.1, 0.15) is 17.5 Å². The van der Waals surface area contributed by atoms with Crippen molar-refractivity contribution in [3.63, 3.8) is 0 Å². The van der Waals surface area contributed by atoms with E-state index in [2.05, 4.69) is 4.98 Å². The van der Waals surface area contributed by atoms with E-state index in [-0.39, 0.29) is 11.8 Å². The molecule has 4 N–H and O–H groups in total. The molecule has 1 aromatic carbocycles. The van der Waals surface area contributed by atoms with Crippen molar-refractivity contribution < 1.29 is 9.52 Å². The van der Waals surface area contributed by atoms with Crippen molar-refractivity contribution in [2.24, 2.45) is 5.73 Å². The number of hydrogen-bond donors (Lipinski definition) is 3. The quantitative estimate of drug-likeness (QED) is 0.661. The number of fused-ring (bicyclic) bond motifs is 1. The van der Waals surface area contributed by atoms with Gasteiger partial charge in [-0.05, 0) is 35.7 Å². The fourth-order valence-corrected chi connectivity index (χ4v) is 2.09. The number of furan rings is 1. The Labute approximate surface area is 104 Å². The molecular formula is C14H14N2O2. The highest BCUT2D eigenvalue weighted by Crippen LogP contribution is 2.24. The average molecular weight is 242 g/mol. The SMILES string of the molecule is NC(Cc1ccco1)c1cc2ccc(O)cc2[nH]1. The Bertz CT molecular complexity index is 656. The first-order chi connectivity index (χ1) is 8.72. The van der Waals surface area contributed by atoms with E-state index in [1.54, 1.807) is 18.4 Å². The molecule has 0 spiro atoms. The Balaban J connectivity index is 1.89. The zero-order chi connectivity index (χ0) is 12.5. The van der Waals surface area contributed by atoms with Crippen molar-refractivity contribution in [1.29, 1.82) is 0 Å². The monoisotopic (exact) mass is 242 g/mol. The maximum atomic E-state index is 9.42. The fraction of sp³-hybridized carbons (Fsp3) is 0.143. The fourth-order valence-electron chi connectivity index (χ4n) is 2.09. The summed E-state index contributed by atoms with van der Waals surface area (Å²) < 4.78 is 5.28. The van der Waals surface area contributed by atoms with E-state index < -0.39 is 0 Å². The molecule has 0 aliphatic rings. The van der Waals surface area contributed by atoms with Gasteiger partial charge in [-0.15, -0.1) is 0 Å². The van der Waals surface area contributed by atoms with Gasteiger partial charge in [0, 0.05) is 23.7 Å². The Morgan fingerprint density at radius 2 is 2.17 bits per heavy atom. The van der Waals surface area contributed by atoms with Gasteiger partial charge in [0.25, 0.3) is 0 Å². The third kappa shape index (κ3) is 1.98. The minimum atomic E-state index is -0.148. The summed E-state index contributed by atoms with van der Waals surface area (Å²) >= 11 is 0. The first kappa shape index (κ1) is 10.9. The van der Waals surface area contributed by atoms with Gasteiger partial charge in [-0.25, -0.2) is 0 Å². The highest BCUT2D eigenvalue weighted by atomic mass is 16.3. The van der Waals surface area contributed by atoms with Gasteiger partial charge < -0.3 is 20.2 Å². The molecule has 0 aliphatic heterocycles. The smallest absolute Gasteiger partial charge is 0.117 e. The number of benzene rings is 1. The zero-order valence-corrected chi connectivity index (χ0v) is 9.76. The molecule has 0 saturated heterocycles. The van der Waals surface area contributed by atoms with E-state index in [9.17, 15) is 5.11 Å². The molecule has 1 atom stereocenters. The second-order valence-electron chi connectivity index (χ2n) is 4.39. The first-order valence-corrected chi connectivity index (χ1v) is 5.82. The lowest BCUT2D eigenvalue weighted by Crippen LogP contribution is -2.13. The zero-order valence-electron chi connectivity index (χ0n) is 9.76. The molecule has 0 amide bonds. The van der Waals surface area contributed by atoms with Crippen LogP contribution in [0.3, 0.4) is 0 Å². The lowest BCUT2D eigenvalue weighted by molar-refractivity contribution is 0.476. The van der Waals surface area contributed by atoms with Crippen molar-refractivity contribution in [2.75, 3.05) is 0 Å². The van der Waals surface area contributed by atoms with Crippen LogP contribution in [0.5, 0.6) is 5.75 Å². The molecule has 4 nitrogen and oxygen atoms in total. The van der Waals surface area contributed by atoms with E-state index in [1.807, 2.05) is 24.3 Å². The Morgan fingerprint density at radius 1 is 1.28 bits per heavy atom. The molecule has 3 aromatic rings. The number of phenols is 1. The average Bonchev–Trinajstić information content (AvgIpc) is 2.96. The number of nitrogens with one attached hydrogen (secondary N) is 1. The summed E-state index contributed by atoms with van der Waals surface area (Å²) in [6.45, 7) is 0. The van der Waals surface area contributed by atoms with Gasteiger partial charge in [-0.2, -0.15) is 0 Å². The van der Waals surface area contributed by atoms with Crippen LogP contribution >= 0.6 is 0 Å². The third-order valence-corrected chi connectivity index (χ3v) is 3.03. The number of hydrogen-bond acceptors (Lipinski definition) is 3. The summed E-state index contributed by atoms with van der Waals surface area (Å²) in [6, 6.07) is 10.8. The predicted octanol–water partition coefficient (Wildman–Crippen LogP) is 2.71. The van der Waals surface area contributed by atoms with Gasteiger partial charge in [-0.3, -0.25) is 0 Å². The van der Waals surface area contributed by atoms with E-state index in [1.165, 1.54) is 0 Å². The van der Waals surface area contributed by atoms with E-state index in [4.69, 9.17) is 10.2 Å². The predicted molar refractivity (Wildman–Crippen MR) is 69.3 cm³/mol. The molecule has 4 heteroatoms. The van der Waals surface area contributed by atoms with Gasteiger partial charge in [-0.1, -0.05) is 0 Å². The van der Waals surface area contributed by atoms with Gasteiger partial charge in [0.05, 0.1) is 12.3 Å². The largest absolute Gasteiger partial charge is 0.508 e. The summed E-state index contributed by atoms with van der Waals surface area (Å²) in [5.74, 6) is 1.11. The number of nitrogens with two attached hydrogens (primary N) is 1. The summed E-state index contributed by atoms with van der Waals surface area (Å²) in [6.07, 6.45) is 2.29. The lowest BCUT2D eigenvalue weighted by atomic mass is 10.1. The third-order valence-electron chi connectivity index (χ3n) is 3.03. The summed E-state index contributed by atoms with van der Waals surface area (Å²) in [5.41, 5.74) is 7.96. The molecule has 3 rings (SSSR count). The summed E-state index contributed by atoms with van der Waals surface area (Å²) in [7, 11) is 0. The van der Waals surface area contributed by atoms with Gasteiger partial charge in [0.15, 0.2) is 0 Å². The van der Waals surface area contributed by atoms with Crippen LogP contribution in [-0.2, 0) is 6.42 Å². The van der Waals surface area contributed by atoms with Crippen molar-refractivity contribution in [2.45, 2.75) is 12.5 Å². The Kier molecular flexibility index (Phi) is 2.57. The molecule has 18 heavy (non-hydrogen) atoms. The number of rotatable bonds is 3. The minimum Gasteiger partial charge on any atom is -0.508 e. The molecule has 0 bridgehead atoms. The van der Waals surface area contributed by atoms with Crippen LogP contribution in [0.25, 0.3) is 10.9 Å². The van der Waals surface area contributed by atoms with Crippen LogP contribution in [-0.4, -0.2) is 10.1 Å². The van der Waals surface area contributed by atoms with Gasteiger partial charge in [0.1, 0.15) is 11.5 Å². The standard InChI is InChI=1S/C14H14N2O2/c15-12(8-11-2-1-5-18-11)14-6-9-3-4-10(17)7-13(9)16-14/h1-7,12,16-17H,8,15H2. The van der Waals surface area contributed by atoms with Gasteiger partial charge in [0.2, 0.25) is 0 Å². The maximum absolute atomic E-state index is 9.42. The molecule has 1 unspecified atom stereocenters. The van der Waals surface area contributed by atoms with Crippen LogP contribution in [0.15, 0.2) is 47.1 Å². The molecule has 2 heterocycles. The van der Waals surface area contributed by atoms with Crippen molar-refractivity contribution in [1.82, 2.24) is 4.98 Å². The van der Waals surface area contributed by atoms with Gasteiger partial charge >= 0.3 is 0 Å². The molecule has 2 aromatic heterocycles. The number of aromatic nitrogens is 1. The number of H-pyrrole nitrogens is 1. The van der Waals surface area contributed by atoms with Crippen LogP contribution in [0, 0.1) is 0 Å². The normalized spacial score (nSPS) is 12.9. The van der Waals surface area contributed by atoms with Crippen molar-refractivity contribution in [3.05, 3.63) is 54.1 Å². The Hall–Kier alpha value is -2.20. The summed E-state index contributed by atoms with van der Waals surface area (Å²) in [4.78, 5) is 3.22. The molecule has 0 radical (unpaired) electrons. The highest BCUT2D eigenvalue weighted by Gasteiger charge is 2.11. The van der Waals surface area contributed by atoms with E-state index >= 15 is 0 Å². The van der Waals surface area contributed by atoms with E-state index in [0.29, 0.717) is 6.42 Å². The topological polar surface area (TPSA) is 75.2 Å².